The van der Waals surface area contributed by atoms with Gasteiger partial charge >= 0.3 is 0 Å². The summed E-state index contributed by atoms with van der Waals surface area (Å²) >= 11 is 11.0. The van der Waals surface area contributed by atoms with Crippen molar-refractivity contribution in [1.29, 1.82) is 0 Å². The largest absolute Gasteiger partial charge is 0.261 e. The van der Waals surface area contributed by atoms with E-state index in [9.17, 15) is 4.39 Å². The number of aromatic nitrogens is 1. The van der Waals surface area contributed by atoms with Gasteiger partial charge in [0.05, 0.1) is 12.1 Å². The maximum Gasteiger partial charge on any atom is 0.146 e. The van der Waals surface area contributed by atoms with Crippen LogP contribution < -0.4 is 0 Å². The zero-order valence-electron chi connectivity index (χ0n) is 5.65. The number of alkyl halides is 2. The summed E-state index contributed by atoms with van der Waals surface area (Å²) in [5.41, 5.74) is 1.10. The van der Waals surface area contributed by atoms with Crippen LogP contribution in [-0.4, -0.2) is 4.98 Å². The molecule has 60 valence electrons. The molecule has 1 heterocycles. The first kappa shape index (κ1) is 8.75. The van der Waals surface area contributed by atoms with Gasteiger partial charge in [0, 0.05) is 17.6 Å². The van der Waals surface area contributed by atoms with Crippen molar-refractivity contribution in [2.75, 3.05) is 0 Å². The lowest BCUT2D eigenvalue weighted by Gasteiger charge is -2.02. The molecule has 0 spiro atoms. The summed E-state index contributed by atoms with van der Waals surface area (Å²) in [5, 5.41) is 0. The van der Waals surface area contributed by atoms with Crippen LogP contribution in [0.25, 0.3) is 0 Å². The highest BCUT2D eigenvalue weighted by molar-refractivity contribution is 6.18. The fourth-order valence-electron chi connectivity index (χ4n) is 0.767. The Labute approximate surface area is 74.2 Å². The quantitative estimate of drug-likeness (QED) is 0.659. The van der Waals surface area contributed by atoms with Crippen LogP contribution in [0.3, 0.4) is 0 Å². The number of nitrogens with zero attached hydrogens (tertiary/aromatic N) is 1. The molecule has 1 aromatic heterocycles. The van der Waals surface area contributed by atoms with Crippen LogP contribution in [-0.2, 0) is 11.8 Å². The second-order valence-electron chi connectivity index (χ2n) is 2.03. The second kappa shape index (κ2) is 3.88. The summed E-state index contributed by atoms with van der Waals surface area (Å²) in [7, 11) is 0. The molecule has 0 saturated carbocycles. The molecule has 0 aromatic carbocycles. The molecule has 0 saturated heterocycles. The van der Waals surface area contributed by atoms with E-state index in [2.05, 4.69) is 4.98 Å². The summed E-state index contributed by atoms with van der Waals surface area (Å²) in [6.45, 7) is 0. The number of rotatable bonds is 2. The van der Waals surface area contributed by atoms with Gasteiger partial charge in [-0.25, -0.2) is 4.39 Å². The topological polar surface area (TPSA) is 12.9 Å². The number of hydrogen-bond acceptors (Lipinski definition) is 1. The molecule has 1 rings (SSSR count). The smallest absolute Gasteiger partial charge is 0.146 e. The molecule has 0 radical (unpaired) electrons. The van der Waals surface area contributed by atoms with E-state index in [-0.39, 0.29) is 11.8 Å². The summed E-state index contributed by atoms with van der Waals surface area (Å²) in [5.74, 6) is -0.0124. The van der Waals surface area contributed by atoms with Crippen LogP contribution in [0.15, 0.2) is 12.4 Å². The molecule has 0 unspecified atom stereocenters. The Morgan fingerprint density at radius 1 is 1.27 bits per heavy atom. The minimum absolute atomic E-state index is 0.135. The van der Waals surface area contributed by atoms with Crippen molar-refractivity contribution < 1.29 is 4.39 Å². The molecule has 0 aliphatic rings. The lowest BCUT2D eigenvalue weighted by molar-refractivity contribution is 0.608. The Balaban J connectivity index is 3.13. The van der Waals surface area contributed by atoms with E-state index in [1.54, 1.807) is 0 Å². The van der Waals surface area contributed by atoms with Crippen molar-refractivity contribution in [2.24, 2.45) is 0 Å². The van der Waals surface area contributed by atoms with Crippen LogP contribution in [0, 0.1) is 5.82 Å². The van der Waals surface area contributed by atoms with Gasteiger partial charge in [-0.1, -0.05) is 0 Å². The first-order valence-corrected chi connectivity index (χ1v) is 4.09. The van der Waals surface area contributed by atoms with Crippen molar-refractivity contribution in [2.45, 2.75) is 11.8 Å². The molecule has 0 atom stereocenters. The van der Waals surface area contributed by atoms with Gasteiger partial charge < -0.3 is 0 Å². The lowest BCUT2D eigenvalue weighted by Crippen LogP contribution is -1.94. The van der Waals surface area contributed by atoms with Crippen molar-refractivity contribution in [3.8, 4) is 0 Å². The van der Waals surface area contributed by atoms with Gasteiger partial charge in [-0.05, 0) is 5.56 Å². The third-order valence-electron chi connectivity index (χ3n) is 1.37. The van der Waals surface area contributed by atoms with E-state index in [0.717, 1.165) is 6.20 Å². The highest BCUT2D eigenvalue weighted by atomic mass is 35.5. The second-order valence-corrected chi connectivity index (χ2v) is 2.56. The van der Waals surface area contributed by atoms with Gasteiger partial charge in [0.2, 0.25) is 0 Å². The minimum atomic E-state index is -0.391. The van der Waals surface area contributed by atoms with Crippen LogP contribution in [0.5, 0.6) is 0 Å². The molecule has 0 aliphatic carbocycles. The van der Waals surface area contributed by atoms with E-state index in [4.69, 9.17) is 23.2 Å². The highest BCUT2D eigenvalue weighted by Crippen LogP contribution is 2.15. The first-order chi connectivity index (χ1) is 5.29. The fourth-order valence-corrected chi connectivity index (χ4v) is 1.30. The van der Waals surface area contributed by atoms with Gasteiger partial charge in [0.25, 0.3) is 0 Å². The Morgan fingerprint density at radius 3 is 2.45 bits per heavy atom. The minimum Gasteiger partial charge on any atom is -0.261 e. The van der Waals surface area contributed by atoms with Crippen LogP contribution >= 0.6 is 23.2 Å². The molecule has 11 heavy (non-hydrogen) atoms. The molecule has 0 amide bonds. The average Bonchev–Trinajstić information content (AvgIpc) is 2.04. The molecule has 0 fully saturated rings. The first-order valence-electron chi connectivity index (χ1n) is 3.02. The molecule has 1 aromatic rings. The number of halogens is 3. The van der Waals surface area contributed by atoms with Gasteiger partial charge in [-0.3, -0.25) is 4.98 Å². The fraction of sp³-hybridized carbons (Fsp3) is 0.286. The Kier molecular flexibility index (Phi) is 3.09. The predicted molar refractivity (Wildman–Crippen MR) is 43.3 cm³/mol. The van der Waals surface area contributed by atoms with E-state index < -0.39 is 5.82 Å². The molecule has 1 nitrogen and oxygen atoms in total. The van der Waals surface area contributed by atoms with Crippen LogP contribution in [0.1, 0.15) is 11.1 Å². The Bertz CT molecular complexity index is 252. The molecule has 0 bridgehead atoms. The number of pyridine rings is 1. The zero-order valence-corrected chi connectivity index (χ0v) is 7.16. The Hall–Kier alpha value is -0.340. The summed E-state index contributed by atoms with van der Waals surface area (Å²) < 4.78 is 12.8. The van der Waals surface area contributed by atoms with Crippen LogP contribution in [0.4, 0.5) is 4.39 Å². The molecule has 4 heteroatoms. The summed E-state index contributed by atoms with van der Waals surface area (Å²) in [4.78, 5) is 3.65. The SMILES string of the molecule is Fc1cncc(CCl)c1CCl. The van der Waals surface area contributed by atoms with E-state index >= 15 is 0 Å². The van der Waals surface area contributed by atoms with Gasteiger partial charge in [0.15, 0.2) is 0 Å². The highest BCUT2D eigenvalue weighted by Gasteiger charge is 2.05. The van der Waals surface area contributed by atoms with Gasteiger partial charge in [0.1, 0.15) is 5.82 Å². The summed E-state index contributed by atoms with van der Waals surface area (Å²) in [6.07, 6.45) is 2.65. The lowest BCUT2D eigenvalue weighted by atomic mass is 10.2. The normalized spacial score (nSPS) is 10.1. The molecule has 0 aliphatic heterocycles. The number of hydrogen-bond donors (Lipinski definition) is 0. The van der Waals surface area contributed by atoms with Crippen molar-refractivity contribution in [1.82, 2.24) is 4.98 Å². The van der Waals surface area contributed by atoms with Crippen molar-refractivity contribution in [3.63, 3.8) is 0 Å². The maximum absolute atomic E-state index is 12.8. The van der Waals surface area contributed by atoms with E-state index in [0.29, 0.717) is 11.1 Å². The zero-order chi connectivity index (χ0) is 8.27. The van der Waals surface area contributed by atoms with Gasteiger partial charge in [-0.2, -0.15) is 0 Å². The standard InChI is InChI=1S/C7H6Cl2FN/c8-1-5-3-11-4-7(10)6(5)2-9/h3-4H,1-2H2. The van der Waals surface area contributed by atoms with Crippen molar-refractivity contribution in [3.05, 3.63) is 29.3 Å². The van der Waals surface area contributed by atoms with Crippen molar-refractivity contribution >= 4 is 23.2 Å². The maximum atomic E-state index is 12.8. The van der Waals surface area contributed by atoms with E-state index in [1.807, 2.05) is 0 Å². The monoisotopic (exact) mass is 193 g/mol. The van der Waals surface area contributed by atoms with Gasteiger partial charge in [-0.15, -0.1) is 23.2 Å². The van der Waals surface area contributed by atoms with E-state index in [1.165, 1.54) is 6.20 Å². The third-order valence-corrected chi connectivity index (χ3v) is 1.93. The Morgan fingerprint density at radius 2 is 2.00 bits per heavy atom. The average molecular weight is 194 g/mol. The summed E-state index contributed by atoms with van der Waals surface area (Å²) in [6, 6.07) is 0. The molecular weight excluding hydrogens is 188 g/mol. The predicted octanol–water partition coefficient (Wildman–Crippen LogP) is 2.70. The third kappa shape index (κ3) is 1.82. The molecule has 0 N–H and O–H groups in total. The van der Waals surface area contributed by atoms with Crippen LogP contribution in [0.2, 0.25) is 0 Å². The molecular formula is C7H6Cl2FN.